The maximum absolute atomic E-state index is 13.9. The van der Waals surface area contributed by atoms with Crippen molar-refractivity contribution >= 4 is 28.6 Å². The summed E-state index contributed by atoms with van der Waals surface area (Å²) in [5.74, 6) is -1.85. The summed E-state index contributed by atoms with van der Waals surface area (Å²) in [6.07, 6.45) is 2.66. The van der Waals surface area contributed by atoms with Gasteiger partial charge in [-0.2, -0.15) is 5.10 Å². The Morgan fingerprint density at radius 1 is 1.33 bits per heavy atom. The Bertz CT molecular complexity index is 1090. The van der Waals surface area contributed by atoms with E-state index in [1.54, 1.807) is 7.05 Å². The number of ether oxygens (including phenoxy) is 1. The molecule has 10 heteroatoms. The molecule has 0 spiro atoms. The van der Waals surface area contributed by atoms with E-state index in [1.165, 1.54) is 41.0 Å². The van der Waals surface area contributed by atoms with Gasteiger partial charge in [-0.3, -0.25) is 18.8 Å². The number of aryl methyl sites for hydroxylation is 2. The maximum Gasteiger partial charge on any atom is 0.337 e. The van der Waals surface area contributed by atoms with Gasteiger partial charge >= 0.3 is 5.97 Å². The van der Waals surface area contributed by atoms with Crippen molar-refractivity contribution in [1.82, 2.24) is 19.3 Å². The third-order valence-corrected chi connectivity index (χ3v) is 3.96. The molecule has 3 rings (SSSR count). The van der Waals surface area contributed by atoms with Gasteiger partial charge in [-0.15, -0.1) is 0 Å². The molecule has 0 unspecified atom stereocenters. The number of esters is 1. The number of amides is 1. The van der Waals surface area contributed by atoms with Gasteiger partial charge in [0.2, 0.25) is 5.91 Å². The largest absolute Gasteiger partial charge is 0.465 e. The van der Waals surface area contributed by atoms with Crippen molar-refractivity contribution in [3.63, 3.8) is 0 Å². The monoisotopic (exact) mass is 373 g/mol. The average Bonchev–Trinajstić information content (AvgIpc) is 3.04. The number of aromatic nitrogens is 4. The molecule has 0 bridgehead atoms. The third-order valence-electron chi connectivity index (χ3n) is 3.96. The molecule has 9 nitrogen and oxygen atoms in total. The van der Waals surface area contributed by atoms with Gasteiger partial charge in [0.25, 0.3) is 5.56 Å². The normalized spacial score (nSPS) is 10.8. The minimum Gasteiger partial charge on any atom is -0.465 e. The summed E-state index contributed by atoms with van der Waals surface area (Å²) in [7, 11) is 2.87. The molecule has 2 heterocycles. The molecular weight excluding hydrogens is 357 g/mol. The Morgan fingerprint density at radius 2 is 2.11 bits per heavy atom. The number of rotatable bonds is 5. The number of carbonyl (C=O) groups excluding carboxylic acids is 2. The van der Waals surface area contributed by atoms with Crippen LogP contribution in [0.3, 0.4) is 0 Å². The number of hydrogen-bond donors (Lipinski definition) is 1. The molecule has 3 aromatic rings. The lowest BCUT2D eigenvalue weighted by atomic mass is 10.2. The molecule has 0 aliphatic heterocycles. The number of carbonyl (C=O) groups is 2. The van der Waals surface area contributed by atoms with E-state index in [9.17, 15) is 18.8 Å². The first-order valence-corrected chi connectivity index (χ1v) is 7.95. The van der Waals surface area contributed by atoms with Crippen molar-refractivity contribution in [2.75, 3.05) is 12.4 Å². The summed E-state index contributed by atoms with van der Waals surface area (Å²) in [5.41, 5.74) is 0.0925. The highest BCUT2D eigenvalue weighted by Crippen LogP contribution is 2.17. The van der Waals surface area contributed by atoms with Crippen molar-refractivity contribution in [3.8, 4) is 0 Å². The second-order valence-electron chi connectivity index (χ2n) is 5.73. The minimum absolute atomic E-state index is 0.0564. The van der Waals surface area contributed by atoms with Crippen LogP contribution < -0.4 is 10.9 Å². The first kappa shape index (κ1) is 18.2. The molecule has 1 aromatic carbocycles. The summed E-state index contributed by atoms with van der Waals surface area (Å²) in [5, 5.41) is 6.70. The molecule has 0 radical (unpaired) electrons. The van der Waals surface area contributed by atoms with Crippen molar-refractivity contribution in [2.24, 2.45) is 7.05 Å². The third kappa shape index (κ3) is 3.68. The quantitative estimate of drug-likeness (QED) is 0.671. The average molecular weight is 373 g/mol. The highest BCUT2D eigenvalue weighted by atomic mass is 19.1. The van der Waals surface area contributed by atoms with Crippen LogP contribution in [-0.4, -0.2) is 38.3 Å². The molecule has 140 valence electrons. The molecule has 27 heavy (non-hydrogen) atoms. The van der Waals surface area contributed by atoms with Crippen LogP contribution in [-0.2, 0) is 23.1 Å². The van der Waals surface area contributed by atoms with E-state index in [0.29, 0.717) is 11.0 Å². The first-order valence-electron chi connectivity index (χ1n) is 7.95. The lowest BCUT2D eigenvalue weighted by Crippen LogP contribution is -2.23. The van der Waals surface area contributed by atoms with Crippen molar-refractivity contribution in [2.45, 2.75) is 13.0 Å². The van der Waals surface area contributed by atoms with Gasteiger partial charge < -0.3 is 10.1 Å². The zero-order chi connectivity index (χ0) is 19.6. The van der Waals surface area contributed by atoms with Crippen LogP contribution in [0.1, 0.15) is 16.8 Å². The van der Waals surface area contributed by atoms with Crippen LogP contribution in [0, 0.1) is 5.82 Å². The molecular formula is C17H16FN5O4. The van der Waals surface area contributed by atoms with E-state index in [4.69, 9.17) is 0 Å². The number of nitrogens with zero attached hydrogens (tertiary/aromatic N) is 4. The standard InChI is InChI=1S/C17H16FN5O4/c1-22-15-11(8-20-22)16(25)23(9-19-15)6-5-14(24)21-13-7-10(17(26)27-2)3-4-12(13)18/h3-4,7-9H,5-6H2,1-2H3,(H,21,24). The molecule has 0 aliphatic carbocycles. The molecule has 0 aliphatic rings. The van der Waals surface area contributed by atoms with Gasteiger partial charge in [-0.05, 0) is 18.2 Å². The summed E-state index contributed by atoms with van der Waals surface area (Å²) < 4.78 is 21.2. The van der Waals surface area contributed by atoms with E-state index in [-0.39, 0.29) is 29.8 Å². The van der Waals surface area contributed by atoms with Gasteiger partial charge in [0.1, 0.15) is 11.2 Å². The van der Waals surface area contributed by atoms with Crippen LogP contribution in [0.5, 0.6) is 0 Å². The Hall–Kier alpha value is -3.56. The Morgan fingerprint density at radius 3 is 2.85 bits per heavy atom. The van der Waals surface area contributed by atoms with E-state index < -0.39 is 17.7 Å². The number of halogens is 1. The summed E-state index contributed by atoms with van der Waals surface area (Å²) in [4.78, 5) is 40.1. The van der Waals surface area contributed by atoms with Gasteiger partial charge in [0.05, 0.1) is 30.9 Å². The second kappa shape index (κ2) is 7.36. The van der Waals surface area contributed by atoms with Crippen LogP contribution >= 0.6 is 0 Å². The van der Waals surface area contributed by atoms with Crippen LogP contribution in [0.2, 0.25) is 0 Å². The fraction of sp³-hybridized carbons (Fsp3) is 0.235. The van der Waals surface area contributed by atoms with Crippen LogP contribution in [0.25, 0.3) is 11.0 Å². The molecule has 0 fully saturated rings. The Labute approximate surface area is 152 Å². The van der Waals surface area contributed by atoms with E-state index in [0.717, 1.165) is 6.07 Å². The predicted octanol–water partition coefficient (Wildman–Crippen LogP) is 1.08. The number of methoxy groups -OCH3 is 1. The van der Waals surface area contributed by atoms with Crippen LogP contribution in [0.15, 0.2) is 35.5 Å². The van der Waals surface area contributed by atoms with Gasteiger partial charge in [0, 0.05) is 20.0 Å². The minimum atomic E-state index is -0.688. The van der Waals surface area contributed by atoms with Crippen molar-refractivity contribution in [1.29, 1.82) is 0 Å². The van der Waals surface area contributed by atoms with Gasteiger partial charge in [-0.25, -0.2) is 14.2 Å². The molecule has 0 saturated heterocycles. The fourth-order valence-electron chi connectivity index (χ4n) is 2.53. The van der Waals surface area contributed by atoms with Gasteiger partial charge in [-0.1, -0.05) is 0 Å². The summed E-state index contributed by atoms with van der Waals surface area (Å²) >= 11 is 0. The first-order chi connectivity index (χ1) is 12.9. The number of fused-ring (bicyclic) bond motifs is 1. The highest BCUT2D eigenvalue weighted by Gasteiger charge is 2.13. The Kier molecular flexibility index (Phi) is 4.97. The summed E-state index contributed by atoms with van der Waals surface area (Å²) in [6, 6.07) is 3.51. The molecule has 2 aromatic heterocycles. The molecule has 1 N–H and O–H groups in total. The molecule has 1 amide bonds. The SMILES string of the molecule is COC(=O)c1ccc(F)c(NC(=O)CCn2cnc3c(cnn3C)c2=O)c1. The fourth-order valence-corrected chi connectivity index (χ4v) is 2.53. The maximum atomic E-state index is 13.9. The zero-order valence-electron chi connectivity index (χ0n) is 14.6. The van der Waals surface area contributed by atoms with Crippen molar-refractivity contribution < 1.29 is 18.7 Å². The zero-order valence-corrected chi connectivity index (χ0v) is 14.6. The number of nitrogens with one attached hydrogen (secondary N) is 1. The Balaban J connectivity index is 1.71. The smallest absolute Gasteiger partial charge is 0.337 e. The topological polar surface area (TPSA) is 108 Å². The number of hydrogen-bond acceptors (Lipinski definition) is 6. The van der Waals surface area contributed by atoms with Gasteiger partial charge in [0.15, 0.2) is 5.65 Å². The number of benzene rings is 1. The van der Waals surface area contributed by atoms with Crippen molar-refractivity contribution in [3.05, 3.63) is 52.5 Å². The molecule has 0 saturated carbocycles. The lowest BCUT2D eigenvalue weighted by molar-refractivity contribution is -0.116. The van der Waals surface area contributed by atoms with E-state index in [2.05, 4.69) is 20.1 Å². The van der Waals surface area contributed by atoms with Crippen LogP contribution in [0.4, 0.5) is 10.1 Å². The second-order valence-corrected chi connectivity index (χ2v) is 5.73. The van der Waals surface area contributed by atoms with E-state index in [1.807, 2.05) is 0 Å². The molecule has 0 atom stereocenters. The number of anilines is 1. The highest BCUT2D eigenvalue weighted by molar-refractivity contribution is 5.94. The lowest BCUT2D eigenvalue weighted by Gasteiger charge is -2.09. The summed E-state index contributed by atoms with van der Waals surface area (Å²) in [6.45, 7) is 0.0564. The van der Waals surface area contributed by atoms with E-state index >= 15 is 0 Å². The predicted molar refractivity (Wildman–Crippen MR) is 93.8 cm³/mol.